The Bertz CT molecular complexity index is 660. The highest BCUT2D eigenvalue weighted by molar-refractivity contribution is 6.09. The van der Waals surface area contributed by atoms with Crippen LogP contribution in [0, 0.1) is 0 Å². The number of ether oxygens (including phenoxy) is 2. The van der Waals surface area contributed by atoms with Gasteiger partial charge in [0.25, 0.3) is 0 Å². The topological polar surface area (TPSA) is 55.8 Å². The first-order valence-corrected chi connectivity index (χ1v) is 6.38. The van der Waals surface area contributed by atoms with E-state index >= 15 is 0 Å². The minimum Gasteiger partial charge on any atom is -0.504 e. The minimum absolute atomic E-state index is 0.326. The van der Waals surface area contributed by atoms with Crippen LogP contribution in [0.2, 0.25) is 0 Å². The molecular weight excluding hydrogens is 268 g/mol. The van der Waals surface area contributed by atoms with Crippen LogP contribution in [0.5, 0.6) is 11.5 Å². The third-order valence-corrected chi connectivity index (χ3v) is 2.98. The third-order valence-electron chi connectivity index (χ3n) is 2.98. The van der Waals surface area contributed by atoms with E-state index in [-0.39, 0.29) is 5.76 Å². The maximum atomic E-state index is 12.2. The lowest BCUT2D eigenvalue weighted by Gasteiger charge is -2.08. The molecule has 0 bridgehead atoms. The van der Waals surface area contributed by atoms with Crippen molar-refractivity contribution in [2.75, 3.05) is 14.2 Å². The summed E-state index contributed by atoms with van der Waals surface area (Å²) >= 11 is 0. The molecule has 2 rings (SSSR count). The Kier molecular flexibility index (Phi) is 4.61. The van der Waals surface area contributed by atoms with E-state index in [0.717, 1.165) is 5.56 Å². The number of Topliss-reactive ketones (excluding diaryl/α,β-unsaturated/α-hetero) is 1. The van der Waals surface area contributed by atoms with Gasteiger partial charge in [-0.05, 0) is 29.8 Å². The van der Waals surface area contributed by atoms with E-state index in [9.17, 15) is 9.90 Å². The second-order valence-corrected chi connectivity index (χ2v) is 4.34. The van der Waals surface area contributed by atoms with Crippen LogP contribution in [-0.2, 0) is 0 Å². The van der Waals surface area contributed by atoms with Gasteiger partial charge in [0.05, 0.1) is 14.2 Å². The highest BCUT2D eigenvalue weighted by Crippen LogP contribution is 2.28. The molecule has 0 aliphatic rings. The van der Waals surface area contributed by atoms with Crippen LogP contribution in [0.1, 0.15) is 15.9 Å². The van der Waals surface area contributed by atoms with Crippen molar-refractivity contribution in [1.29, 1.82) is 0 Å². The van der Waals surface area contributed by atoms with Crippen molar-refractivity contribution in [3.8, 4) is 11.5 Å². The summed E-state index contributed by atoms with van der Waals surface area (Å²) in [6.45, 7) is 0. The molecule has 0 aliphatic heterocycles. The zero-order valence-corrected chi connectivity index (χ0v) is 11.9. The average Bonchev–Trinajstić information content (AvgIpc) is 2.54. The lowest BCUT2D eigenvalue weighted by Crippen LogP contribution is -2.03. The Labute approximate surface area is 123 Å². The van der Waals surface area contributed by atoms with E-state index in [0.29, 0.717) is 17.1 Å². The van der Waals surface area contributed by atoms with Gasteiger partial charge >= 0.3 is 0 Å². The zero-order valence-electron chi connectivity index (χ0n) is 11.9. The summed E-state index contributed by atoms with van der Waals surface area (Å²) < 4.78 is 10.3. The van der Waals surface area contributed by atoms with Crippen molar-refractivity contribution in [1.82, 2.24) is 0 Å². The Morgan fingerprint density at radius 2 is 1.67 bits per heavy atom. The number of allylic oxidation sites excluding steroid dienone is 1. The van der Waals surface area contributed by atoms with Gasteiger partial charge in [0.15, 0.2) is 17.3 Å². The second-order valence-electron chi connectivity index (χ2n) is 4.34. The molecule has 1 N–H and O–H groups in total. The van der Waals surface area contributed by atoms with Crippen molar-refractivity contribution < 1.29 is 19.4 Å². The molecule has 0 aromatic heterocycles. The van der Waals surface area contributed by atoms with Gasteiger partial charge in [-0.3, -0.25) is 4.79 Å². The molecule has 0 unspecified atom stereocenters. The molecule has 2 aromatic carbocycles. The number of ketones is 1. The largest absolute Gasteiger partial charge is 0.504 e. The van der Waals surface area contributed by atoms with Gasteiger partial charge in [-0.25, -0.2) is 0 Å². The molecule has 0 saturated carbocycles. The van der Waals surface area contributed by atoms with Crippen molar-refractivity contribution >= 4 is 11.9 Å². The van der Waals surface area contributed by atoms with Crippen molar-refractivity contribution in [3.05, 3.63) is 65.4 Å². The Balaban J connectivity index is 2.29. The summed E-state index contributed by atoms with van der Waals surface area (Å²) in [6.07, 6.45) is 1.43. The summed E-state index contributed by atoms with van der Waals surface area (Å²) in [5, 5.41) is 9.95. The summed E-state index contributed by atoms with van der Waals surface area (Å²) in [4.78, 5) is 12.2. The Morgan fingerprint density at radius 3 is 2.29 bits per heavy atom. The summed E-state index contributed by atoms with van der Waals surface area (Å²) in [6, 6.07) is 13.9. The molecule has 0 radical (unpaired) electrons. The summed E-state index contributed by atoms with van der Waals surface area (Å²) in [7, 11) is 3.01. The summed E-state index contributed by atoms with van der Waals surface area (Å²) in [5.41, 5.74) is 1.08. The molecule has 108 valence electrons. The monoisotopic (exact) mass is 284 g/mol. The Hall–Kier alpha value is -2.75. The van der Waals surface area contributed by atoms with Gasteiger partial charge in [0.2, 0.25) is 5.78 Å². The highest BCUT2D eigenvalue weighted by atomic mass is 16.5. The maximum Gasteiger partial charge on any atom is 0.227 e. The predicted octanol–water partition coefficient (Wildman–Crippen LogP) is 3.49. The van der Waals surface area contributed by atoms with E-state index in [1.165, 1.54) is 26.4 Å². The number of aliphatic hydroxyl groups is 1. The maximum absolute atomic E-state index is 12.2. The number of hydrogen-bond donors (Lipinski definition) is 1. The van der Waals surface area contributed by atoms with E-state index in [1.807, 2.05) is 18.2 Å². The van der Waals surface area contributed by atoms with Crippen LogP contribution < -0.4 is 9.47 Å². The van der Waals surface area contributed by atoms with Crippen LogP contribution in [0.15, 0.2) is 54.3 Å². The van der Waals surface area contributed by atoms with E-state index in [4.69, 9.17) is 9.47 Å². The number of hydrogen-bond acceptors (Lipinski definition) is 4. The molecular formula is C17H16O4. The smallest absolute Gasteiger partial charge is 0.227 e. The van der Waals surface area contributed by atoms with Crippen LogP contribution >= 0.6 is 0 Å². The fourth-order valence-electron chi connectivity index (χ4n) is 1.90. The Morgan fingerprint density at radius 1 is 1.00 bits per heavy atom. The van der Waals surface area contributed by atoms with Crippen LogP contribution in [0.3, 0.4) is 0 Å². The SMILES string of the molecule is COc1ccc(C(=O)C(O)=Cc2ccccc2)cc1OC. The fourth-order valence-corrected chi connectivity index (χ4v) is 1.90. The highest BCUT2D eigenvalue weighted by Gasteiger charge is 2.14. The molecule has 0 saturated heterocycles. The molecule has 21 heavy (non-hydrogen) atoms. The quantitative estimate of drug-likeness (QED) is 0.519. The molecule has 0 heterocycles. The van der Waals surface area contributed by atoms with Crippen LogP contribution in [-0.4, -0.2) is 25.1 Å². The standard InChI is InChI=1S/C17H16O4/c1-20-15-9-8-13(11-16(15)21-2)17(19)14(18)10-12-6-4-3-5-7-12/h3-11,18H,1-2H3. The third kappa shape index (κ3) is 3.42. The number of rotatable bonds is 5. The zero-order chi connectivity index (χ0) is 15.2. The first-order valence-electron chi connectivity index (χ1n) is 6.38. The van der Waals surface area contributed by atoms with Gasteiger partial charge in [-0.15, -0.1) is 0 Å². The first-order chi connectivity index (χ1) is 10.2. The normalized spacial score (nSPS) is 11.0. The van der Waals surface area contributed by atoms with Gasteiger partial charge in [0, 0.05) is 5.56 Å². The number of aliphatic hydroxyl groups excluding tert-OH is 1. The van der Waals surface area contributed by atoms with Crippen LogP contribution in [0.4, 0.5) is 0 Å². The van der Waals surface area contributed by atoms with Crippen molar-refractivity contribution in [2.24, 2.45) is 0 Å². The minimum atomic E-state index is -0.472. The molecule has 2 aromatic rings. The summed E-state index contributed by atoms with van der Waals surface area (Å²) in [5.74, 6) is 0.171. The number of carbonyl (C=O) groups excluding carboxylic acids is 1. The molecule has 0 atom stereocenters. The molecule has 0 aliphatic carbocycles. The number of methoxy groups -OCH3 is 2. The molecule has 0 amide bonds. The van der Waals surface area contributed by atoms with Gasteiger partial charge in [0.1, 0.15) is 0 Å². The fraction of sp³-hybridized carbons (Fsp3) is 0.118. The van der Waals surface area contributed by atoms with E-state index in [2.05, 4.69) is 0 Å². The molecule has 4 heteroatoms. The number of benzene rings is 2. The predicted molar refractivity (Wildman–Crippen MR) is 80.9 cm³/mol. The molecule has 0 spiro atoms. The van der Waals surface area contributed by atoms with Crippen molar-refractivity contribution in [2.45, 2.75) is 0 Å². The average molecular weight is 284 g/mol. The van der Waals surface area contributed by atoms with E-state index in [1.54, 1.807) is 24.3 Å². The van der Waals surface area contributed by atoms with Crippen LogP contribution in [0.25, 0.3) is 6.08 Å². The first kappa shape index (κ1) is 14.7. The van der Waals surface area contributed by atoms with Gasteiger partial charge < -0.3 is 14.6 Å². The lowest BCUT2D eigenvalue weighted by atomic mass is 10.1. The molecule has 4 nitrogen and oxygen atoms in total. The second kappa shape index (κ2) is 6.61. The van der Waals surface area contributed by atoms with E-state index < -0.39 is 5.78 Å². The molecule has 0 fully saturated rings. The number of carbonyl (C=O) groups is 1. The van der Waals surface area contributed by atoms with Crippen molar-refractivity contribution in [3.63, 3.8) is 0 Å². The van der Waals surface area contributed by atoms with Gasteiger partial charge in [-0.1, -0.05) is 30.3 Å². The van der Waals surface area contributed by atoms with Gasteiger partial charge in [-0.2, -0.15) is 0 Å². The lowest BCUT2D eigenvalue weighted by molar-refractivity contribution is 0.0980.